The molecular formula is C76H76B4N24Ni2P12. The van der Waals surface area contributed by atoms with E-state index in [2.05, 4.69) is 257 Å². The topological polar surface area (TPSA) is 214 Å². The Labute approximate surface area is 724 Å². The minimum atomic E-state index is -1.61. The first-order chi connectivity index (χ1) is 57.3. The average Bonchev–Trinajstić information content (AvgIpc) is 1.54. The Bertz CT molecular complexity index is 4820. The van der Waals surface area contributed by atoms with Crippen LogP contribution in [0.15, 0.2) is 385 Å². The number of hydrogen-bond donors (Lipinski definition) is 0. The van der Waals surface area contributed by atoms with Gasteiger partial charge < -0.3 is 55.1 Å². The molecule has 8 aromatic carbocycles. The van der Waals surface area contributed by atoms with Crippen molar-refractivity contribution in [2.24, 2.45) is 0 Å². The molecule has 0 N–H and O–H groups in total. The van der Waals surface area contributed by atoms with Crippen LogP contribution in [0.25, 0.3) is 0 Å². The number of benzene rings is 8. The summed E-state index contributed by atoms with van der Waals surface area (Å²) >= 11 is 0. The van der Waals surface area contributed by atoms with Gasteiger partial charge in [0.1, 0.15) is 0 Å². The molecule has 0 unspecified atom stereocenters. The Hall–Kier alpha value is -9.31. The van der Waals surface area contributed by atoms with Crippen molar-refractivity contribution in [1.29, 1.82) is 0 Å². The fourth-order valence-electron chi connectivity index (χ4n) is 13.1. The van der Waals surface area contributed by atoms with Crippen molar-refractivity contribution in [2.75, 3.05) is 0 Å². The minimum Gasteiger partial charge on any atom is -0.392 e. The molecule has 0 saturated heterocycles. The summed E-state index contributed by atoms with van der Waals surface area (Å²) < 4.78 is 23.8. The molecule has 12 aromatic heterocycles. The van der Waals surface area contributed by atoms with Crippen molar-refractivity contribution in [3.63, 3.8) is 0 Å². The molecule has 118 heavy (non-hydrogen) atoms. The minimum absolute atomic E-state index is 0. The third-order valence-electron chi connectivity index (χ3n) is 18.4. The van der Waals surface area contributed by atoms with Crippen LogP contribution in [0.3, 0.4) is 0 Å². The van der Waals surface area contributed by atoms with Gasteiger partial charge in [0, 0.05) is 71.1 Å². The molecule has 0 aliphatic rings. The summed E-state index contributed by atoms with van der Waals surface area (Å²) in [6.45, 7) is 1.91. The van der Waals surface area contributed by atoms with Crippen molar-refractivity contribution in [1.82, 2.24) is 116 Å². The summed E-state index contributed by atoms with van der Waals surface area (Å²) in [6, 6.07) is 82.3. The van der Waals surface area contributed by atoms with E-state index in [0.717, 1.165) is 120 Å². The summed E-state index contributed by atoms with van der Waals surface area (Å²) in [6.07, 6.45) is 0. The maximum atomic E-state index is 4.56. The molecule has 0 spiro atoms. The summed E-state index contributed by atoms with van der Waals surface area (Å²) in [5.74, 6) is 47.3. The molecule has 0 radical (unpaired) electrons. The zero-order valence-electron chi connectivity index (χ0n) is 64.0. The van der Waals surface area contributed by atoms with Gasteiger partial charge in [-0.3, -0.25) is 0 Å². The van der Waals surface area contributed by atoms with E-state index < -0.39 is 26.2 Å². The zero-order valence-corrected chi connectivity index (χ0v) is 76.7. The van der Waals surface area contributed by atoms with E-state index in [9.17, 15) is 0 Å². The van der Waals surface area contributed by atoms with Crippen LogP contribution in [0.4, 0.5) is 0 Å². The molecule has 0 amide bonds. The smallest absolute Gasteiger partial charge is 0.392 e. The summed E-state index contributed by atoms with van der Waals surface area (Å²) in [5, 5.41) is 54.8. The standard InChI is InChI=1S/4C12H11BN6P3.4C7H8.2Ni/c4*1-2-4-12(5-3-1)13(17-9-20-6-14-17,18-10-21-7-15-18)19-11-22-8-16-19;4*1-7-5-3-2-4-6-7;;/h4*1-11H;4*2-6H,1H3;;/q4*-1;;;;;2*+2. The molecule has 0 atom stereocenters. The van der Waals surface area contributed by atoms with Gasteiger partial charge in [0.2, 0.25) is 0 Å². The van der Waals surface area contributed by atoms with E-state index >= 15 is 0 Å². The third kappa shape index (κ3) is 21.6. The molecular weight excluding hydrogens is 1780 g/mol. The maximum Gasteiger partial charge on any atom is 2.00 e. The molecule has 0 bridgehead atoms. The number of hydrogen-bond acceptors (Lipinski definition) is 12. The van der Waals surface area contributed by atoms with E-state index in [0.29, 0.717) is 0 Å². The number of nitrogens with zero attached hydrogens (tertiary/aromatic N) is 24. The Kier molecular flexibility index (Phi) is 35.1. The summed E-state index contributed by atoms with van der Waals surface area (Å²) in [7, 11) is 12.8. The van der Waals surface area contributed by atoms with E-state index in [1.165, 1.54) is 22.3 Å². The number of aromatic nitrogens is 24. The van der Waals surface area contributed by atoms with Crippen LogP contribution >= 0.6 is 98.3 Å². The van der Waals surface area contributed by atoms with Crippen LogP contribution < -0.4 is 21.9 Å². The van der Waals surface area contributed by atoms with Gasteiger partial charge in [-0.1, -0.05) is 265 Å². The van der Waals surface area contributed by atoms with Gasteiger partial charge in [-0.05, 0) is 126 Å². The molecule has 0 saturated carbocycles. The molecule has 24 nitrogen and oxygen atoms in total. The molecule has 12 heterocycles. The molecule has 0 aliphatic carbocycles. The number of rotatable bonds is 16. The Morgan fingerprint density at radius 1 is 0.161 bits per heavy atom. The van der Waals surface area contributed by atoms with E-state index in [1.807, 2.05) is 272 Å². The van der Waals surface area contributed by atoms with Crippen molar-refractivity contribution >= 4 is 146 Å². The van der Waals surface area contributed by atoms with Crippen molar-refractivity contribution < 1.29 is 33.0 Å². The van der Waals surface area contributed by atoms with Gasteiger partial charge >= 0.3 is 59.2 Å². The van der Waals surface area contributed by atoms with Gasteiger partial charge in [0.15, 0.2) is 0 Å². The van der Waals surface area contributed by atoms with Crippen molar-refractivity contribution in [3.8, 4) is 0 Å². The second kappa shape index (κ2) is 46.3. The van der Waals surface area contributed by atoms with Crippen molar-refractivity contribution in [2.45, 2.75) is 27.7 Å². The van der Waals surface area contributed by atoms with Crippen LogP contribution in [0.2, 0.25) is 0 Å². The van der Waals surface area contributed by atoms with Crippen LogP contribution in [-0.2, 0) is 33.0 Å². The predicted molar refractivity (Wildman–Crippen MR) is 494 cm³/mol. The largest absolute Gasteiger partial charge is 2.00 e. The van der Waals surface area contributed by atoms with E-state index in [4.69, 9.17) is 0 Å². The van der Waals surface area contributed by atoms with Gasteiger partial charge in [0.05, 0.1) is 71.1 Å². The molecule has 42 heteroatoms. The van der Waals surface area contributed by atoms with Crippen LogP contribution in [0, 0.1) is 27.7 Å². The monoisotopic (exact) mass is 1860 g/mol. The average molecular weight is 1860 g/mol. The normalized spacial score (nSPS) is 13.2. The van der Waals surface area contributed by atoms with Gasteiger partial charge in [0.25, 0.3) is 0 Å². The fraction of sp³-hybridized carbons (Fsp3) is 0.0526. The first kappa shape index (κ1) is 89.5. The Balaban J connectivity index is 0.000000138. The Morgan fingerprint density at radius 2 is 0.263 bits per heavy atom. The van der Waals surface area contributed by atoms with Crippen LogP contribution in [0.5, 0.6) is 0 Å². The zero-order chi connectivity index (χ0) is 79.8. The molecule has 0 fully saturated rings. The van der Waals surface area contributed by atoms with E-state index in [-0.39, 0.29) is 33.0 Å². The summed E-state index contributed by atoms with van der Waals surface area (Å²) in [4.78, 5) is 0. The van der Waals surface area contributed by atoms with E-state index in [1.54, 1.807) is 0 Å². The van der Waals surface area contributed by atoms with Crippen molar-refractivity contribution in [3.05, 3.63) is 407 Å². The van der Waals surface area contributed by atoms with Gasteiger partial charge in [-0.15, -0.1) is 21.9 Å². The second-order valence-electron chi connectivity index (χ2n) is 25.7. The summed E-state index contributed by atoms with van der Waals surface area (Å²) in [5.41, 5.74) is 9.75. The molecule has 0 aliphatic heterocycles. The SMILES string of the molecule is Cc1ccccc1.Cc1ccccc1.Cc1ccccc1.Cc1ccccc1.[Ni+2].[Ni+2].c1ccc([B-](n2cpcn2)(n2cpcn2)n2cpcn2)cc1.c1ccc([B-](n2cpcn2)(n2cpcn2)n2cpcn2)cc1.c1ccc([B-](n2cpcn2)(n2cpcn2)n2cpcn2)cc1.c1ccc([B-](n2cpcn2)(n2cpcn2)n2cpcn2)cc1. The first-order valence-electron chi connectivity index (χ1n) is 36.3. The molecule has 20 rings (SSSR count). The number of aryl methyl sites for hydroxylation is 4. The third-order valence-corrected chi connectivity index (χ3v) is 25.7. The maximum absolute atomic E-state index is 4.56. The van der Waals surface area contributed by atoms with Gasteiger partial charge in [-0.25, -0.2) is 61.2 Å². The fourth-order valence-corrected chi connectivity index (χ4v) is 20.6. The molecule has 592 valence electrons. The first-order valence-corrected chi connectivity index (χ1v) is 48.7. The predicted octanol–water partition coefficient (Wildman–Crippen LogP) is 19.2. The van der Waals surface area contributed by atoms with Crippen LogP contribution in [0.1, 0.15) is 22.3 Å². The second-order valence-corrected chi connectivity index (χ2v) is 34.8. The molecule has 20 aromatic rings. The quantitative estimate of drug-likeness (QED) is 0.0826. The Morgan fingerprint density at radius 3 is 0.339 bits per heavy atom. The van der Waals surface area contributed by atoms with Gasteiger partial charge in [-0.2, -0.15) is 0 Å². The van der Waals surface area contributed by atoms with Crippen LogP contribution in [-0.4, -0.2) is 143 Å².